The quantitative estimate of drug-likeness (QED) is 0.685. The number of aliphatic carboxylic acids is 1. The second kappa shape index (κ2) is 5.89. The Morgan fingerprint density at radius 2 is 1.88 bits per heavy atom. The minimum absolute atomic E-state index is 0.165. The van der Waals surface area contributed by atoms with Gasteiger partial charge in [-0.1, -0.05) is 26.7 Å². The Balaban J connectivity index is 2.19. The summed E-state index contributed by atoms with van der Waals surface area (Å²) >= 11 is 0. The summed E-state index contributed by atoms with van der Waals surface area (Å²) in [7, 11) is 0. The van der Waals surface area contributed by atoms with Crippen molar-refractivity contribution < 1.29 is 14.7 Å². The number of amides is 2. The standard InChI is InChI=1S/C12H22N2O3/c1-9(10(15)16)7-13-11(17)14-8-12(2)5-3-4-6-12/h9H,3-8H2,1-2H3,(H,15,16)(H2,13,14,17). The summed E-state index contributed by atoms with van der Waals surface area (Å²) in [6.45, 7) is 4.58. The van der Waals surface area contributed by atoms with Gasteiger partial charge in [0.2, 0.25) is 0 Å². The second-order valence-electron chi connectivity index (χ2n) is 5.32. The molecule has 0 aliphatic heterocycles. The zero-order valence-corrected chi connectivity index (χ0v) is 10.6. The van der Waals surface area contributed by atoms with Crippen molar-refractivity contribution >= 4 is 12.0 Å². The number of rotatable bonds is 5. The van der Waals surface area contributed by atoms with Crippen LogP contribution in [0.1, 0.15) is 39.5 Å². The van der Waals surface area contributed by atoms with E-state index in [0.717, 1.165) is 12.8 Å². The molecule has 1 aliphatic rings. The summed E-state index contributed by atoms with van der Waals surface area (Å²) in [5, 5.41) is 14.1. The van der Waals surface area contributed by atoms with Gasteiger partial charge < -0.3 is 15.7 Å². The third kappa shape index (κ3) is 4.63. The molecule has 5 nitrogen and oxygen atoms in total. The summed E-state index contributed by atoms with van der Waals surface area (Å²) in [4.78, 5) is 22.0. The molecule has 0 aromatic rings. The molecule has 0 aromatic carbocycles. The number of carbonyl (C=O) groups is 2. The molecule has 0 heterocycles. The average Bonchev–Trinajstić information content (AvgIpc) is 2.70. The molecular weight excluding hydrogens is 220 g/mol. The Labute approximate surface area is 102 Å². The van der Waals surface area contributed by atoms with E-state index >= 15 is 0 Å². The lowest BCUT2D eigenvalue weighted by Crippen LogP contribution is -2.43. The predicted molar refractivity (Wildman–Crippen MR) is 64.8 cm³/mol. The first kappa shape index (κ1) is 13.8. The molecule has 98 valence electrons. The van der Waals surface area contributed by atoms with E-state index in [1.54, 1.807) is 6.92 Å². The van der Waals surface area contributed by atoms with E-state index in [4.69, 9.17) is 5.11 Å². The average molecular weight is 242 g/mol. The van der Waals surface area contributed by atoms with Crippen LogP contribution in [0.15, 0.2) is 0 Å². The van der Waals surface area contributed by atoms with E-state index < -0.39 is 11.9 Å². The van der Waals surface area contributed by atoms with Gasteiger partial charge in [0.25, 0.3) is 0 Å². The number of hydrogen-bond acceptors (Lipinski definition) is 2. The van der Waals surface area contributed by atoms with Gasteiger partial charge in [-0.2, -0.15) is 0 Å². The monoisotopic (exact) mass is 242 g/mol. The van der Waals surface area contributed by atoms with Crippen LogP contribution >= 0.6 is 0 Å². The lowest BCUT2D eigenvalue weighted by molar-refractivity contribution is -0.140. The molecular formula is C12H22N2O3. The molecule has 1 saturated carbocycles. The first-order valence-corrected chi connectivity index (χ1v) is 6.17. The Bertz CT molecular complexity index is 285. The smallest absolute Gasteiger partial charge is 0.314 e. The molecule has 2 amide bonds. The van der Waals surface area contributed by atoms with Crippen molar-refractivity contribution in [1.82, 2.24) is 10.6 Å². The van der Waals surface area contributed by atoms with E-state index in [-0.39, 0.29) is 18.0 Å². The SMILES string of the molecule is CC(CNC(=O)NCC1(C)CCCC1)C(=O)O. The summed E-state index contributed by atoms with van der Waals surface area (Å²) in [5.41, 5.74) is 0.218. The normalized spacial score (nSPS) is 19.6. The van der Waals surface area contributed by atoms with Crippen LogP contribution in [0.25, 0.3) is 0 Å². The van der Waals surface area contributed by atoms with E-state index in [2.05, 4.69) is 17.6 Å². The summed E-state index contributed by atoms with van der Waals surface area (Å²) in [6, 6.07) is -0.272. The lowest BCUT2D eigenvalue weighted by atomic mass is 9.89. The second-order valence-corrected chi connectivity index (χ2v) is 5.32. The van der Waals surface area contributed by atoms with Crippen molar-refractivity contribution in [2.75, 3.05) is 13.1 Å². The van der Waals surface area contributed by atoms with Crippen molar-refractivity contribution in [1.29, 1.82) is 0 Å². The largest absolute Gasteiger partial charge is 0.481 e. The number of carbonyl (C=O) groups excluding carboxylic acids is 1. The molecule has 1 unspecified atom stereocenters. The van der Waals surface area contributed by atoms with E-state index in [9.17, 15) is 9.59 Å². The molecule has 0 spiro atoms. The van der Waals surface area contributed by atoms with Gasteiger partial charge >= 0.3 is 12.0 Å². The first-order chi connectivity index (χ1) is 7.93. The van der Waals surface area contributed by atoms with Crippen LogP contribution in [0.2, 0.25) is 0 Å². The molecule has 1 fully saturated rings. The Morgan fingerprint density at radius 3 is 2.41 bits per heavy atom. The lowest BCUT2D eigenvalue weighted by Gasteiger charge is -2.23. The van der Waals surface area contributed by atoms with Crippen LogP contribution in [-0.2, 0) is 4.79 Å². The van der Waals surface area contributed by atoms with Crippen LogP contribution in [0, 0.1) is 11.3 Å². The molecule has 17 heavy (non-hydrogen) atoms. The van der Waals surface area contributed by atoms with Crippen LogP contribution in [0.4, 0.5) is 4.79 Å². The highest BCUT2D eigenvalue weighted by atomic mass is 16.4. The number of carboxylic acids is 1. The zero-order chi connectivity index (χ0) is 12.9. The van der Waals surface area contributed by atoms with Crippen molar-refractivity contribution in [2.45, 2.75) is 39.5 Å². The number of carboxylic acid groups (broad SMARTS) is 1. The Morgan fingerprint density at radius 1 is 1.29 bits per heavy atom. The van der Waals surface area contributed by atoms with Gasteiger partial charge in [-0.3, -0.25) is 4.79 Å². The Hall–Kier alpha value is -1.26. The molecule has 0 aromatic heterocycles. The molecule has 0 bridgehead atoms. The maximum Gasteiger partial charge on any atom is 0.314 e. The summed E-state index contributed by atoms with van der Waals surface area (Å²) in [5.74, 6) is -1.45. The summed E-state index contributed by atoms with van der Waals surface area (Å²) in [6.07, 6.45) is 4.77. The predicted octanol–water partition coefficient (Wildman–Crippen LogP) is 1.59. The van der Waals surface area contributed by atoms with Crippen LogP contribution < -0.4 is 10.6 Å². The highest BCUT2D eigenvalue weighted by Gasteiger charge is 2.28. The fourth-order valence-electron chi connectivity index (χ4n) is 2.09. The zero-order valence-electron chi connectivity index (χ0n) is 10.6. The minimum Gasteiger partial charge on any atom is -0.481 e. The minimum atomic E-state index is -0.895. The van der Waals surface area contributed by atoms with Gasteiger partial charge in [0, 0.05) is 13.1 Å². The van der Waals surface area contributed by atoms with Crippen LogP contribution in [0.3, 0.4) is 0 Å². The Kier molecular flexibility index (Phi) is 4.78. The highest BCUT2D eigenvalue weighted by molar-refractivity contribution is 5.75. The van der Waals surface area contributed by atoms with Crippen molar-refractivity contribution in [3.05, 3.63) is 0 Å². The molecule has 5 heteroatoms. The number of hydrogen-bond donors (Lipinski definition) is 3. The van der Waals surface area contributed by atoms with Gasteiger partial charge in [-0.15, -0.1) is 0 Å². The number of urea groups is 1. The van der Waals surface area contributed by atoms with Gasteiger partial charge in [-0.05, 0) is 18.3 Å². The fourth-order valence-corrected chi connectivity index (χ4v) is 2.09. The van der Waals surface area contributed by atoms with Crippen molar-refractivity contribution in [3.63, 3.8) is 0 Å². The third-order valence-corrected chi connectivity index (χ3v) is 3.48. The van der Waals surface area contributed by atoms with Gasteiger partial charge in [0.15, 0.2) is 0 Å². The molecule has 1 aliphatic carbocycles. The number of nitrogens with one attached hydrogen (secondary N) is 2. The van der Waals surface area contributed by atoms with E-state index in [0.29, 0.717) is 6.54 Å². The molecule has 0 radical (unpaired) electrons. The maximum absolute atomic E-state index is 11.5. The third-order valence-electron chi connectivity index (χ3n) is 3.48. The highest BCUT2D eigenvalue weighted by Crippen LogP contribution is 2.36. The van der Waals surface area contributed by atoms with E-state index in [1.807, 2.05) is 0 Å². The summed E-state index contributed by atoms with van der Waals surface area (Å²) < 4.78 is 0. The van der Waals surface area contributed by atoms with Gasteiger partial charge in [0.05, 0.1) is 5.92 Å². The topological polar surface area (TPSA) is 78.4 Å². The van der Waals surface area contributed by atoms with Crippen molar-refractivity contribution in [2.24, 2.45) is 11.3 Å². The molecule has 1 atom stereocenters. The van der Waals surface area contributed by atoms with E-state index in [1.165, 1.54) is 12.8 Å². The van der Waals surface area contributed by atoms with Gasteiger partial charge in [-0.25, -0.2) is 4.79 Å². The molecule has 0 saturated heterocycles. The molecule has 1 rings (SSSR count). The fraction of sp³-hybridized carbons (Fsp3) is 0.833. The first-order valence-electron chi connectivity index (χ1n) is 6.17. The molecule has 3 N–H and O–H groups in total. The van der Waals surface area contributed by atoms with Gasteiger partial charge in [0.1, 0.15) is 0 Å². The van der Waals surface area contributed by atoms with Crippen LogP contribution in [0.5, 0.6) is 0 Å². The van der Waals surface area contributed by atoms with Crippen molar-refractivity contribution in [3.8, 4) is 0 Å². The van der Waals surface area contributed by atoms with Crippen LogP contribution in [-0.4, -0.2) is 30.2 Å². The maximum atomic E-state index is 11.5.